The zero-order chi connectivity index (χ0) is 22.4. The Morgan fingerprint density at radius 3 is 2.39 bits per heavy atom. The highest BCUT2D eigenvalue weighted by molar-refractivity contribution is 5.87. The molecule has 0 aromatic heterocycles. The van der Waals surface area contributed by atoms with Crippen molar-refractivity contribution in [2.75, 3.05) is 26.7 Å². The van der Waals surface area contributed by atoms with Crippen molar-refractivity contribution in [2.45, 2.75) is 32.6 Å². The first-order valence-corrected chi connectivity index (χ1v) is 10.5. The second kappa shape index (κ2) is 10.5. The van der Waals surface area contributed by atoms with Gasteiger partial charge in [-0.3, -0.25) is 15.0 Å². The Bertz CT molecular complexity index is 888. The molecule has 1 aliphatic rings. The Morgan fingerprint density at radius 2 is 1.74 bits per heavy atom. The van der Waals surface area contributed by atoms with E-state index in [1.165, 1.54) is 22.6 Å². The highest BCUT2D eigenvalue weighted by Gasteiger charge is 2.33. The summed E-state index contributed by atoms with van der Waals surface area (Å²) in [5, 5.41) is 1.64. The second-order valence-electron chi connectivity index (χ2n) is 7.85. The van der Waals surface area contributed by atoms with Gasteiger partial charge >= 0.3 is 0 Å². The van der Waals surface area contributed by atoms with E-state index in [1.54, 1.807) is 29.1 Å². The lowest BCUT2D eigenvalue weighted by molar-refractivity contribution is -0.150. The van der Waals surface area contributed by atoms with Crippen molar-refractivity contribution in [3.63, 3.8) is 0 Å². The van der Waals surface area contributed by atoms with Crippen LogP contribution in [0.2, 0.25) is 0 Å². The van der Waals surface area contributed by atoms with Crippen molar-refractivity contribution in [2.24, 2.45) is 5.73 Å². The molecule has 1 saturated heterocycles. The zero-order valence-electron chi connectivity index (χ0n) is 18.1. The Morgan fingerprint density at radius 1 is 1.13 bits per heavy atom. The summed E-state index contributed by atoms with van der Waals surface area (Å²) >= 11 is 0. The number of rotatable bonds is 8. The van der Waals surface area contributed by atoms with Crippen molar-refractivity contribution in [1.82, 2.24) is 20.2 Å². The quantitative estimate of drug-likeness (QED) is 0.624. The lowest BCUT2D eigenvalue weighted by atomic mass is 10.1. The smallest absolute Gasteiger partial charge is 0.242 e. The number of aryl methyl sites for hydroxylation is 1. The molecule has 0 bridgehead atoms. The monoisotopic (exact) mass is 427 g/mol. The molecule has 3 N–H and O–H groups in total. The number of hydrazine groups is 1. The first-order chi connectivity index (χ1) is 14.9. The molecule has 2 aromatic carbocycles. The molecule has 0 radical (unpaired) electrons. The lowest BCUT2D eigenvalue weighted by Crippen LogP contribution is -2.62. The van der Waals surface area contributed by atoms with Crippen LogP contribution in [0.5, 0.6) is 0 Å². The maximum atomic E-state index is 13.0. The van der Waals surface area contributed by atoms with E-state index < -0.39 is 6.17 Å². The maximum absolute atomic E-state index is 13.0. The Hall–Kier alpha value is -2.81. The number of piperazine rings is 1. The number of halogens is 1. The van der Waals surface area contributed by atoms with Crippen molar-refractivity contribution in [3.8, 4) is 0 Å². The average molecular weight is 428 g/mol. The van der Waals surface area contributed by atoms with Crippen LogP contribution in [0.4, 0.5) is 4.39 Å². The molecule has 8 heteroatoms. The lowest BCUT2D eigenvalue weighted by Gasteiger charge is -2.39. The van der Waals surface area contributed by atoms with E-state index in [-0.39, 0.29) is 30.7 Å². The van der Waals surface area contributed by atoms with E-state index in [1.807, 2.05) is 12.1 Å². The minimum Gasteiger partial charge on any atom is -0.333 e. The van der Waals surface area contributed by atoms with Crippen LogP contribution in [0.3, 0.4) is 0 Å². The number of likely N-dealkylation sites (N-methyl/N-ethyl adjacent to an activating group) is 1. The van der Waals surface area contributed by atoms with Crippen molar-refractivity contribution < 1.29 is 14.0 Å². The number of nitrogens with one attached hydrogen (secondary N) is 1. The maximum Gasteiger partial charge on any atom is 0.242 e. The Balaban J connectivity index is 1.49. The fraction of sp³-hybridized carbons (Fsp3) is 0.391. The Kier molecular flexibility index (Phi) is 7.73. The predicted molar refractivity (Wildman–Crippen MR) is 117 cm³/mol. The number of amides is 2. The molecule has 1 heterocycles. The van der Waals surface area contributed by atoms with Gasteiger partial charge in [-0.1, -0.05) is 43.3 Å². The molecule has 0 aliphatic carbocycles. The molecular weight excluding hydrogens is 397 g/mol. The number of hydrogen-bond donors (Lipinski definition) is 2. The van der Waals surface area contributed by atoms with Gasteiger partial charge in [0.25, 0.3) is 0 Å². The molecule has 7 nitrogen and oxygen atoms in total. The first kappa shape index (κ1) is 22.9. The molecule has 1 unspecified atom stereocenters. The molecule has 1 aliphatic heterocycles. The summed E-state index contributed by atoms with van der Waals surface area (Å²) in [5.74, 6) is -0.624. The number of carbonyl (C=O) groups is 2. The van der Waals surface area contributed by atoms with Gasteiger partial charge in [0.05, 0.1) is 19.3 Å². The molecule has 2 amide bonds. The third kappa shape index (κ3) is 6.33. The number of nitrogens with zero attached hydrogens (tertiary/aromatic N) is 3. The van der Waals surface area contributed by atoms with Crippen LogP contribution >= 0.6 is 0 Å². The third-order valence-electron chi connectivity index (χ3n) is 5.43. The summed E-state index contributed by atoms with van der Waals surface area (Å²) in [6, 6.07) is 14.3. The molecule has 3 rings (SSSR count). The molecule has 0 saturated carbocycles. The molecule has 31 heavy (non-hydrogen) atoms. The van der Waals surface area contributed by atoms with Gasteiger partial charge in [0.2, 0.25) is 11.8 Å². The molecule has 166 valence electrons. The van der Waals surface area contributed by atoms with Gasteiger partial charge in [-0.2, -0.15) is 0 Å². The van der Waals surface area contributed by atoms with E-state index in [2.05, 4.69) is 24.5 Å². The second-order valence-corrected chi connectivity index (χ2v) is 7.85. The van der Waals surface area contributed by atoms with E-state index in [0.29, 0.717) is 19.6 Å². The first-order valence-electron chi connectivity index (χ1n) is 10.5. The number of nitrogens with two attached hydrogens (primary N) is 1. The fourth-order valence-electron chi connectivity index (χ4n) is 3.49. The van der Waals surface area contributed by atoms with Crippen LogP contribution in [0, 0.1) is 5.82 Å². The topological polar surface area (TPSA) is 81.9 Å². The van der Waals surface area contributed by atoms with Gasteiger partial charge in [0.15, 0.2) is 0 Å². The van der Waals surface area contributed by atoms with Gasteiger partial charge in [-0.15, -0.1) is 0 Å². The zero-order valence-corrected chi connectivity index (χ0v) is 18.1. The summed E-state index contributed by atoms with van der Waals surface area (Å²) in [4.78, 5) is 28.4. The Labute approximate surface area is 182 Å². The number of hydrogen-bond acceptors (Lipinski definition) is 5. The summed E-state index contributed by atoms with van der Waals surface area (Å²) < 4.78 is 13.0. The van der Waals surface area contributed by atoms with Gasteiger partial charge in [-0.25, -0.2) is 9.40 Å². The van der Waals surface area contributed by atoms with E-state index in [0.717, 1.165) is 17.5 Å². The summed E-state index contributed by atoms with van der Waals surface area (Å²) in [6.07, 6.45) is 0.420. The minimum absolute atomic E-state index is 0.0289. The summed E-state index contributed by atoms with van der Waals surface area (Å²) in [6.45, 7) is 3.38. The minimum atomic E-state index is -0.550. The molecule has 0 spiro atoms. The van der Waals surface area contributed by atoms with Gasteiger partial charge in [-0.05, 0) is 35.2 Å². The van der Waals surface area contributed by atoms with Crippen LogP contribution in [0.15, 0.2) is 48.5 Å². The summed E-state index contributed by atoms with van der Waals surface area (Å²) in [7, 11) is 1.74. The van der Waals surface area contributed by atoms with Crippen molar-refractivity contribution in [1.29, 1.82) is 0 Å². The largest absolute Gasteiger partial charge is 0.333 e. The highest BCUT2D eigenvalue weighted by atomic mass is 19.1. The van der Waals surface area contributed by atoms with Crippen molar-refractivity contribution >= 4 is 11.8 Å². The van der Waals surface area contributed by atoms with Gasteiger partial charge in [0.1, 0.15) is 12.4 Å². The highest BCUT2D eigenvalue weighted by Crippen LogP contribution is 2.14. The van der Waals surface area contributed by atoms with Crippen LogP contribution in [0.1, 0.15) is 23.6 Å². The van der Waals surface area contributed by atoms with E-state index in [4.69, 9.17) is 5.73 Å². The average Bonchev–Trinajstić information content (AvgIpc) is 2.76. The van der Waals surface area contributed by atoms with E-state index >= 15 is 0 Å². The van der Waals surface area contributed by atoms with E-state index in [9.17, 15) is 14.0 Å². The van der Waals surface area contributed by atoms with Crippen LogP contribution in [-0.2, 0) is 29.1 Å². The normalized spacial score (nSPS) is 16.8. The molecule has 1 atom stereocenters. The fourth-order valence-corrected chi connectivity index (χ4v) is 3.49. The molecule has 1 fully saturated rings. The van der Waals surface area contributed by atoms with Gasteiger partial charge in [0, 0.05) is 20.1 Å². The SMILES string of the molecule is CCc1ccc(CN2CC(N)N(C(=O)CN(C)NCc3ccc(F)cc3)CC2=O)cc1. The van der Waals surface area contributed by atoms with Gasteiger partial charge < -0.3 is 15.5 Å². The third-order valence-corrected chi connectivity index (χ3v) is 5.43. The van der Waals surface area contributed by atoms with Crippen molar-refractivity contribution in [3.05, 3.63) is 71.0 Å². The summed E-state index contributed by atoms with van der Waals surface area (Å²) in [5.41, 5.74) is 12.5. The van der Waals surface area contributed by atoms with Crippen LogP contribution in [0.25, 0.3) is 0 Å². The van der Waals surface area contributed by atoms with Crippen LogP contribution in [-0.4, -0.2) is 59.5 Å². The predicted octanol–water partition coefficient (Wildman–Crippen LogP) is 1.48. The molecular formula is C23H30FN5O2. The van der Waals surface area contributed by atoms with Crippen LogP contribution < -0.4 is 11.2 Å². The molecule has 2 aromatic rings. The number of benzene rings is 2. The standard InChI is InChI=1S/C23H30FN5O2/c1-3-17-4-6-19(7-5-17)13-28-14-21(25)29(16-22(28)30)23(31)15-27(2)26-12-18-8-10-20(24)11-9-18/h4-11,21,26H,3,12-16,25H2,1-2H3. The number of carbonyl (C=O) groups excluding carboxylic acids is 2.